The Balaban J connectivity index is 1.74. The highest BCUT2D eigenvalue weighted by atomic mass is 35.5. The number of para-hydroxylation sites is 2. The zero-order chi connectivity index (χ0) is 22.2. The molecule has 1 amide bonds. The van der Waals surface area contributed by atoms with E-state index >= 15 is 0 Å². The fourth-order valence-electron chi connectivity index (χ4n) is 3.68. The van der Waals surface area contributed by atoms with Crippen LogP contribution in [0.2, 0.25) is 5.02 Å². The molecule has 2 heterocycles. The molecular weight excluding hydrogens is 430 g/mol. The predicted molar refractivity (Wildman–Crippen MR) is 124 cm³/mol. The fraction of sp³-hybridized carbons (Fsp3) is 0.0417. The van der Waals surface area contributed by atoms with E-state index in [0.717, 1.165) is 4.57 Å². The molecule has 8 heteroatoms. The third-order valence-corrected chi connectivity index (χ3v) is 5.35. The topological polar surface area (TPSA) is 86.2 Å². The van der Waals surface area contributed by atoms with Gasteiger partial charge in [0.25, 0.3) is 0 Å². The lowest BCUT2D eigenvalue weighted by Crippen LogP contribution is -2.40. The van der Waals surface area contributed by atoms with Crippen LogP contribution in [-0.4, -0.2) is 15.0 Å². The van der Waals surface area contributed by atoms with Gasteiger partial charge in [-0.3, -0.25) is 14.2 Å². The Bertz CT molecular complexity index is 1580. The third kappa shape index (κ3) is 3.38. The van der Waals surface area contributed by atoms with Crippen LogP contribution in [0.5, 0.6) is 0 Å². The second kappa shape index (κ2) is 7.86. The summed E-state index contributed by atoms with van der Waals surface area (Å²) in [5.74, 6) is -0.411. The van der Waals surface area contributed by atoms with E-state index in [1.807, 2.05) is 6.07 Å². The smallest absolute Gasteiger partial charge is 0.336 e. The highest BCUT2D eigenvalue weighted by Crippen LogP contribution is 2.26. The molecular formula is C24H16ClN3O4. The van der Waals surface area contributed by atoms with E-state index in [1.54, 1.807) is 72.8 Å². The first kappa shape index (κ1) is 19.8. The van der Waals surface area contributed by atoms with Crippen LogP contribution < -0.4 is 16.6 Å². The van der Waals surface area contributed by atoms with Crippen LogP contribution >= 0.6 is 11.6 Å². The highest BCUT2D eigenvalue weighted by molar-refractivity contribution is 6.30. The van der Waals surface area contributed by atoms with Crippen molar-refractivity contribution < 1.29 is 9.21 Å². The lowest BCUT2D eigenvalue weighted by atomic mass is 10.2. The van der Waals surface area contributed by atoms with Gasteiger partial charge in [-0.2, -0.15) is 0 Å². The molecule has 0 aliphatic heterocycles. The first-order valence-electron chi connectivity index (χ1n) is 9.81. The predicted octanol–water partition coefficient (Wildman–Crippen LogP) is 4.19. The van der Waals surface area contributed by atoms with Crippen molar-refractivity contribution in [3.05, 3.63) is 105 Å². The summed E-state index contributed by atoms with van der Waals surface area (Å²) in [7, 11) is 0. The number of hydrogen-bond acceptors (Lipinski definition) is 4. The summed E-state index contributed by atoms with van der Waals surface area (Å²) in [4.78, 5) is 39.6. The number of furan rings is 1. The van der Waals surface area contributed by atoms with Gasteiger partial charge in [-0.05, 0) is 48.5 Å². The summed E-state index contributed by atoms with van der Waals surface area (Å²) in [5.41, 5.74) is 0.388. The summed E-state index contributed by atoms with van der Waals surface area (Å²) in [6, 6.07) is 22.2. The molecule has 0 bridgehead atoms. The van der Waals surface area contributed by atoms with Crippen LogP contribution in [-0.2, 0) is 11.3 Å². The number of benzene rings is 3. The van der Waals surface area contributed by atoms with E-state index in [-0.39, 0.29) is 17.6 Å². The molecule has 5 aromatic rings. The van der Waals surface area contributed by atoms with E-state index in [0.29, 0.717) is 27.4 Å². The molecule has 3 aromatic carbocycles. The van der Waals surface area contributed by atoms with Gasteiger partial charge in [0.15, 0.2) is 0 Å². The van der Waals surface area contributed by atoms with Gasteiger partial charge in [0.05, 0.1) is 5.69 Å². The third-order valence-electron chi connectivity index (χ3n) is 5.10. The van der Waals surface area contributed by atoms with Gasteiger partial charge in [-0.1, -0.05) is 41.9 Å². The number of rotatable bonds is 4. The zero-order valence-electron chi connectivity index (χ0n) is 16.6. The molecule has 2 aromatic heterocycles. The quantitative estimate of drug-likeness (QED) is 0.449. The summed E-state index contributed by atoms with van der Waals surface area (Å²) in [5, 5.41) is 3.81. The number of nitrogens with one attached hydrogen (secondary N) is 1. The molecule has 0 fully saturated rings. The van der Waals surface area contributed by atoms with E-state index in [2.05, 4.69) is 5.32 Å². The van der Waals surface area contributed by atoms with E-state index < -0.39 is 17.2 Å². The number of nitrogens with zero attached hydrogens (tertiary/aromatic N) is 2. The van der Waals surface area contributed by atoms with Gasteiger partial charge in [-0.15, -0.1) is 0 Å². The normalized spacial score (nSPS) is 11.2. The molecule has 1 N–H and O–H groups in total. The highest BCUT2D eigenvalue weighted by Gasteiger charge is 2.22. The lowest BCUT2D eigenvalue weighted by Gasteiger charge is -2.12. The first-order valence-corrected chi connectivity index (χ1v) is 10.2. The maximum Gasteiger partial charge on any atom is 0.336 e. The van der Waals surface area contributed by atoms with Crippen molar-refractivity contribution in [1.82, 2.24) is 9.13 Å². The van der Waals surface area contributed by atoms with Gasteiger partial charge in [0, 0.05) is 16.1 Å². The van der Waals surface area contributed by atoms with E-state index in [9.17, 15) is 14.4 Å². The molecule has 0 aliphatic carbocycles. The van der Waals surface area contributed by atoms with E-state index in [4.69, 9.17) is 16.0 Å². The van der Waals surface area contributed by atoms with Crippen molar-refractivity contribution in [3.63, 3.8) is 0 Å². The minimum Gasteiger partial charge on any atom is -0.449 e. The van der Waals surface area contributed by atoms with Crippen LogP contribution in [0.15, 0.2) is 92.9 Å². The fourth-order valence-corrected chi connectivity index (χ4v) is 3.81. The largest absolute Gasteiger partial charge is 0.449 e. The van der Waals surface area contributed by atoms with Crippen LogP contribution in [0.25, 0.3) is 27.8 Å². The molecule has 0 unspecified atom stereocenters. The Kier molecular flexibility index (Phi) is 4.88. The molecule has 0 atom stereocenters. The number of halogens is 1. The second-order valence-corrected chi connectivity index (χ2v) is 7.61. The Morgan fingerprint density at radius 2 is 1.59 bits per heavy atom. The second-order valence-electron chi connectivity index (χ2n) is 7.18. The van der Waals surface area contributed by atoms with Crippen molar-refractivity contribution in [2.24, 2.45) is 0 Å². The lowest BCUT2D eigenvalue weighted by molar-refractivity contribution is -0.116. The van der Waals surface area contributed by atoms with Crippen LogP contribution in [0.1, 0.15) is 0 Å². The van der Waals surface area contributed by atoms with Crippen molar-refractivity contribution in [2.75, 3.05) is 5.32 Å². The van der Waals surface area contributed by atoms with Crippen molar-refractivity contribution >= 4 is 45.3 Å². The minimum atomic E-state index is -0.653. The zero-order valence-corrected chi connectivity index (χ0v) is 17.4. The number of carbonyl (C=O) groups is 1. The maximum atomic E-state index is 13.5. The monoisotopic (exact) mass is 445 g/mol. The van der Waals surface area contributed by atoms with Gasteiger partial charge in [-0.25, -0.2) is 9.36 Å². The summed E-state index contributed by atoms with van der Waals surface area (Å²) in [6.45, 7) is -0.304. The van der Waals surface area contributed by atoms with Gasteiger partial charge < -0.3 is 9.73 Å². The number of amides is 1. The van der Waals surface area contributed by atoms with Crippen molar-refractivity contribution in [1.29, 1.82) is 0 Å². The molecule has 0 spiro atoms. The van der Waals surface area contributed by atoms with Gasteiger partial charge in [0.2, 0.25) is 11.5 Å². The molecule has 5 rings (SSSR count). The summed E-state index contributed by atoms with van der Waals surface area (Å²) < 4.78 is 8.06. The Morgan fingerprint density at radius 3 is 2.34 bits per heavy atom. The standard InChI is InChI=1S/C24H16ClN3O4/c25-15-10-12-17(13-11-15)28-23(30)22-21(18-8-4-5-9-19(18)32-22)27(24(28)31)14-20(29)26-16-6-2-1-3-7-16/h1-13H,14H2,(H,26,29). The number of hydrogen-bond donors (Lipinski definition) is 1. The minimum absolute atomic E-state index is 0.00624. The van der Waals surface area contributed by atoms with Crippen LogP contribution in [0.4, 0.5) is 5.69 Å². The molecule has 158 valence electrons. The van der Waals surface area contributed by atoms with Crippen LogP contribution in [0.3, 0.4) is 0 Å². The molecule has 0 saturated heterocycles. The van der Waals surface area contributed by atoms with E-state index in [1.165, 1.54) is 4.57 Å². The summed E-state index contributed by atoms with van der Waals surface area (Å²) in [6.07, 6.45) is 0. The van der Waals surface area contributed by atoms with Crippen LogP contribution in [0, 0.1) is 0 Å². The summed E-state index contributed by atoms with van der Waals surface area (Å²) >= 11 is 5.96. The average molecular weight is 446 g/mol. The Labute approximate surface area is 186 Å². The molecule has 0 aliphatic rings. The first-order chi connectivity index (χ1) is 15.5. The number of aromatic nitrogens is 2. The maximum absolute atomic E-state index is 13.5. The molecule has 7 nitrogen and oxygen atoms in total. The Hall–Kier alpha value is -4.10. The van der Waals surface area contributed by atoms with Crippen molar-refractivity contribution in [3.8, 4) is 5.69 Å². The van der Waals surface area contributed by atoms with Gasteiger partial charge in [0.1, 0.15) is 17.6 Å². The van der Waals surface area contributed by atoms with Gasteiger partial charge >= 0.3 is 11.2 Å². The average Bonchev–Trinajstić information content (AvgIpc) is 3.19. The molecule has 32 heavy (non-hydrogen) atoms. The molecule has 0 saturated carbocycles. The number of carbonyl (C=O) groups excluding carboxylic acids is 1. The SMILES string of the molecule is O=C(Cn1c(=O)n(-c2ccc(Cl)cc2)c(=O)c2oc3ccccc3c21)Nc1ccccc1. The number of fused-ring (bicyclic) bond motifs is 3. The molecule has 0 radical (unpaired) electrons. The Morgan fingerprint density at radius 1 is 0.906 bits per heavy atom. The van der Waals surface area contributed by atoms with Crippen molar-refractivity contribution in [2.45, 2.75) is 6.54 Å². The number of anilines is 1.